The highest BCUT2D eigenvalue weighted by molar-refractivity contribution is 5.89. The summed E-state index contributed by atoms with van der Waals surface area (Å²) in [5.74, 6) is 2.87. The van der Waals surface area contributed by atoms with Crippen LogP contribution in [0.1, 0.15) is 79.4 Å². The Kier molecular flexibility index (Phi) is 8.35. The quantitative estimate of drug-likeness (QED) is 0.0781. The number of hydrogen-bond acceptors (Lipinski definition) is 6. The van der Waals surface area contributed by atoms with Crippen molar-refractivity contribution in [3.05, 3.63) is 105 Å². The first-order valence-electron chi connectivity index (χ1n) is 14.5. The highest BCUT2D eigenvalue weighted by atomic mass is 16.6. The summed E-state index contributed by atoms with van der Waals surface area (Å²) >= 11 is 0. The number of hydrogen-bond donors (Lipinski definition) is 0. The van der Waals surface area contributed by atoms with Crippen molar-refractivity contribution in [3.8, 4) is 18.1 Å². The van der Waals surface area contributed by atoms with Gasteiger partial charge in [0, 0.05) is 35.5 Å². The molecule has 0 fully saturated rings. The molecule has 2 heterocycles. The van der Waals surface area contributed by atoms with Crippen molar-refractivity contribution in [2.45, 2.75) is 63.5 Å². The Morgan fingerprint density at radius 1 is 1.00 bits per heavy atom. The maximum atomic E-state index is 12.2. The van der Waals surface area contributed by atoms with Gasteiger partial charge in [0.25, 0.3) is 5.69 Å². The Morgan fingerprint density at radius 2 is 1.71 bits per heavy atom. The minimum Gasteiger partial charge on any atom is -0.463 e. The first-order chi connectivity index (χ1) is 20.3. The molecule has 42 heavy (non-hydrogen) atoms. The van der Waals surface area contributed by atoms with E-state index in [9.17, 15) is 14.9 Å². The molecule has 0 N–H and O–H groups in total. The van der Waals surface area contributed by atoms with Gasteiger partial charge in [-0.15, -0.1) is 6.42 Å². The smallest absolute Gasteiger partial charge is 0.338 e. The van der Waals surface area contributed by atoms with Crippen LogP contribution in [-0.4, -0.2) is 29.8 Å². The second-order valence-electron chi connectivity index (χ2n) is 11.4. The Hall–Kier alpha value is -4.57. The first kappa shape index (κ1) is 28.9. The molecule has 0 bridgehead atoms. The second-order valence-corrected chi connectivity index (χ2v) is 11.4. The molecule has 1 atom stereocenters. The fourth-order valence-corrected chi connectivity index (χ4v) is 6.02. The Labute approximate surface area is 247 Å². The molecule has 1 spiro atoms. The Bertz CT molecular complexity index is 1540. The highest BCUT2D eigenvalue weighted by Crippen LogP contribution is 2.55. The summed E-state index contributed by atoms with van der Waals surface area (Å²) in [6.07, 6.45) is 15.5. The highest BCUT2D eigenvalue weighted by Gasteiger charge is 2.58. The van der Waals surface area contributed by atoms with Gasteiger partial charge in [0.1, 0.15) is 5.75 Å². The zero-order valence-corrected chi connectivity index (χ0v) is 24.2. The minimum absolute atomic E-state index is 0.0531. The second kappa shape index (κ2) is 12.1. The summed E-state index contributed by atoms with van der Waals surface area (Å²) in [6, 6.07) is 20.1. The van der Waals surface area contributed by atoms with E-state index in [2.05, 4.69) is 55.0 Å². The number of para-hydroxylation sites is 1. The fraction of sp³-hybridized carbons (Fsp3) is 0.343. The van der Waals surface area contributed by atoms with Gasteiger partial charge in [-0.05, 0) is 80.8 Å². The fourth-order valence-electron chi connectivity index (χ4n) is 6.02. The third kappa shape index (κ3) is 5.49. The maximum absolute atomic E-state index is 12.2. The van der Waals surface area contributed by atoms with Gasteiger partial charge in [-0.1, -0.05) is 49.8 Å². The molecular formula is C35H36N2O5. The van der Waals surface area contributed by atoms with Crippen molar-refractivity contribution >= 4 is 23.4 Å². The number of nitro benzene ring substituents is 1. The van der Waals surface area contributed by atoms with Crippen LogP contribution in [-0.2, 0) is 10.2 Å². The van der Waals surface area contributed by atoms with Crippen LogP contribution >= 0.6 is 0 Å². The molecule has 0 aromatic heterocycles. The van der Waals surface area contributed by atoms with E-state index >= 15 is 0 Å². The Morgan fingerprint density at radius 3 is 2.45 bits per heavy atom. The number of benzene rings is 3. The number of nitro groups is 1. The van der Waals surface area contributed by atoms with Crippen molar-refractivity contribution in [2.24, 2.45) is 0 Å². The third-order valence-electron chi connectivity index (χ3n) is 8.42. The average molecular weight is 565 g/mol. The maximum Gasteiger partial charge on any atom is 0.338 e. The van der Waals surface area contributed by atoms with Gasteiger partial charge in [0.05, 0.1) is 22.5 Å². The van der Waals surface area contributed by atoms with Crippen LogP contribution in [0, 0.1) is 22.5 Å². The lowest BCUT2D eigenvalue weighted by Crippen LogP contribution is -2.59. The standard InChI is InChI=1S/C35H36N2O5/c1-4-26-15-17-27(18-16-26)33(38)41-24-12-8-6-5-7-11-23-36-31-14-10-9-13-30(31)34(2,3)35(36)22-21-28-25-29(37(39)40)19-20-32(28)42-35/h1,9-10,13-22,25H,5-8,11-12,23-24H2,2-3H3. The molecule has 7 heteroatoms. The lowest BCUT2D eigenvalue weighted by atomic mass is 9.76. The number of carbonyl (C=O) groups is 1. The van der Waals surface area contributed by atoms with E-state index in [1.54, 1.807) is 36.4 Å². The molecule has 3 aromatic rings. The number of rotatable bonds is 11. The zero-order valence-electron chi connectivity index (χ0n) is 24.2. The van der Waals surface area contributed by atoms with Crippen LogP contribution < -0.4 is 9.64 Å². The molecule has 7 nitrogen and oxygen atoms in total. The lowest BCUT2D eigenvalue weighted by Gasteiger charge is -2.47. The van der Waals surface area contributed by atoms with Crippen molar-refractivity contribution in [2.75, 3.05) is 18.1 Å². The van der Waals surface area contributed by atoms with Gasteiger partial charge in [-0.2, -0.15) is 0 Å². The van der Waals surface area contributed by atoms with E-state index in [-0.39, 0.29) is 22.0 Å². The van der Waals surface area contributed by atoms with Gasteiger partial charge in [0.15, 0.2) is 0 Å². The molecule has 2 aliphatic rings. The first-order valence-corrected chi connectivity index (χ1v) is 14.5. The molecule has 216 valence electrons. The van der Waals surface area contributed by atoms with E-state index in [1.165, 1.54) is 11.6 Å². The number of terminal acetylenes is 1. The molecule has 0 amide bonds. The predicted molar refractivity (Wildman–Crippen MR) is 165 cm³/mol. The SMILES string of the molecule is C#Cc1ccc(C(=O)OCCCCCCCCN2c3ccccc3C(C)(C)C23C=Cc2cc([N+](=O)[O-])ccc2O3)cc1. The Balaban J connectivity index is 1.14. The van der Waals surface area contributed by atoms with Crippen molar-refractivity contribution in [1.29, 1.82) is 0 Å². The summed E-state index contributed by atoms with van der Waals surface area (Å²) < 4.78 is 12.2. The topological polar surface area (TPSA) is 81.9 Å². The van der Waals surface area contributed by atoms with Gasteiger partial charge in [-0.3, -0.25) is 10.1 Å². The summed E-state index contributed by atoms with van der Waals surface area (Å²) in [6.45, 7) is 5.63. The van der Waals surface area contributed by atoms with Gasteiger partial charge in [-0.25, -0.2) is 4.79 Å². The summed E-state index contributed by atoms with van der Waals surface area (Å²) in [7, 11) is 0. The normalized spacial score (nSPS) is 17.7. The van der Waals surface area contributed by atoms with E-state index < -0.39 is 5.72 Å². The van der Waals surface area contributed by atoms with Gasteiger partial charge in [0.2, 0.25) is 5.72 Å². The summed E-state index contributed by atoms with van der Waals surface area (Å²) in [5, 5.41) is 11.3. The van der Waals surface area contributed by atoms with E-state index in [1.807, 2.05) is 6.08 Å². The number of non-ortho nitro benzene ring substituents is 1. The van der Waals surface area contributed by atoms with Crippen LogP contribution in [0.15, 0.2) is 72.8 Å². The van der Waals surface area contributed by atoms with Crippen LogP contribution in [0.4, 0.5) is 11.4 Å². The number of nitrogens with zero attached hydrogens (tertiary/aromatic N) is 2. The average Bonchev–Trinajstić information content (AvgIpc) is 3.18. The van der Waals surface area contributed by atoms with Crippen molar-refractivity contribution in [1.82, 2.24) is 0 Å². The molecule has 2 aliphatic heterocycles. The van der Waals surface area contributed by atoms with Crippen LogP contribution in [0.5, 0.6) is 5.75 Å². The van der Waals surface area contributed by atoms with Crippen LogP contribution in [0.3, 0.4) is 0 Å². The molecule has 1 unspecified atom stereocenters. The molecule has 0 saturated heterocycles. The minimum atomic E-state index is -0.731. The van der Waals surface area contributed by atoms with Crippen molar-refractivity contribution in [3.63, 3.8) is 0 Å². The predicted octanol–water partition coefficient (Wildman–Crippen LogP) is 7.67. The number of esters is 1. The monoisotopic (exact) mass is 564 g/mol. The molecule has 3 aromatic carbocycles. The van der Waals surface area contributed by atoms with Gasteiger partial charge < -0.3 is 14.4 Å². The summed E-state index contributed by atoms with van der Waals surface area (Å²) in [5.41, 5.74) is 3.33. The molecule has 0 aliphatic carbocycles. The van der Waals surface area contributed by atoms with E-state index in [4.69, 9.17) is 15.9 Å². The number of fused-ring (bicyclic) bond motifs is 2. The van der Waals surface area contributed by atoms with Crippen molar-refractivity contribution < 1.29 is 19.2 Å². The van der Waals surface area contributed by atoms with E-state index in [0.29, 0.717) is 23.5 Å². The molecule has 5 rings (SSSR count). The van der Waals surface area contributed by atoms with Crippen LogP contribution in [0.25, 0.3) is 6.08 Å². The van der Waals surface area contributed by atoms with Crippen LogP contribution in [0.2, 0.25) is 0 Å². The van der Waals surface area contributed by atoms with E-state index in [0.717, 1.165) is 56.3 Å². The number of unbranched alkanes of at least 4 members (excludes halogenated alkanes) is 5. The summed E-state index contributed by atoms with van der Waals surface area (Å²) in [4.78, 5) is 25.5. The lowest BCUT2D eigenvalue weighted by molar-refractivity contribution is -0.384. The molecule has 0 radical (unpaired) electrons. The van der Waals surface area contributed by atoms with Gasteiger partial charge >= 0.3 is 5.97 Å². The number of ether oxygens (including phenoxy) is 2. The number of carbonyl (C=O) groups excluding carboxylic acids is 1. The number of anilines is 1. The third-order valence-corrected chi connectivity index (χ3v) is 8.42. The largest absolute Gasteiger partial charge is 0.463 e. The molecule has 0 saturated carbocycles. The molecular weight excluding hydrogens is 528 g/mol. The zero-order chi connectivity index (χ0) is 29.7.